The zero-order chi connectivity index (χ0) is 25.8. The van der Waals surface area contributed by atoms with Crippen LogP contribution in [0.2, 0.25) is 0 Å². The standard InChI is InChI=1S/C31H34FN3O2/c1-22(2)34-16-6-9-24(18-34)19-35-30(21-37-20-23-7-4-3-5-8-23)33-29-15-12-26(17-28(29)31(35)36)25-10-13-27(32)14-11-25/h3-5,7-8,10-15,17,22,24H,6,9,16,18-21H2,1-2H3. The van der Waals surface area contributed by atoms with Gasteiger partial charge in [-0.25, -0.2) is 9.37 Å². The molecule has 4 aromatic rings. The number of ether oxygens (including phenoxy) is 1. The zero-order valence-electron chi connectivity index (χ0n) is 21.6. The summed E-state index contributed by atoms with van der Waals surface area (Å²) in [5, 5.41) is 0.574. The average Bonchev–Trinajstić information content (AvgIpc) is 2.92. The van der Waals surface area contributed by atoms with Gasteiger partial charge in [-0.1, -0.05) is 48.5 Å². The van der Waals surface area contributed by atoms with Gasteiger partial charge in [0.2, 0.25) is 0 Å². The van der Waals surface area contributed by atoms with E-state index in [9.17, 15) is 9.18 Å². The van der Waals surface area contributed by atoms with Gasteiger partial charge >= 0.3 is 0 Å². The monoisotopic (exact) mass is 499 g/mol. The highest BCUT2D eigenvalue weighted by atomic mass is 19.1. The van der Waals surface area contributed by atoms with E-state index in [-0.39, 0.29) is 18.0 Å². The number of likely N-dealkylation sites (tertiary alicyclic amines) is 1. The van der Waals surface area contributed by atoms with Gasteiger partial charge in [-0.05, 0) is 80.1 Å². The molecule has 2 heterocycles. The van der Waals surface area contributed by atoms with Gasteiger partial charge in [0.05, 0.1) is 17.5 Å². The van der Waals surface area contributed by atoms with E-state index in [0.29, 0.717) is 41.8 Å². The Morgan fingerprint density at radius 3 is 2.51 bits per heavy atom. The summed E-state index contributed by atoms with van der Waals surface area (Å²) in [7, 11) is 0. The highest BCUT2D eigenvalue weighted by Gasteiger charge is 2.24. The molecule has 0 bridgehead atoms. The normalized spacial score (nSPS) is 16.5. The van der Waals surface area contributed by atoms with Crippen LogP contribution in [0.4, 0.5) is 4.39 Å². The van der Waals surface area contributed by atoms with Crippen LogP contribution < -0.4 is 5.56 Å². The Morgan fingerprint density at radius 1 is 1.00 bits per heavy atom. The number of aromatic nitrogens is 2. The van der Waals surface area contributed by atoms with Gasteiger partial charge in [-0.15, -0.1) is 0 Å². The Kier molecular flexibility index (Phi) is 7.77. The van der Waals surface area contributed by atoms with E-state index in [1.54, 1.807) is 12.1 Å². The van der Waals surface area contributed by atoms with E-state index in [2.05, 4.69) is 18.7 Å². The summed E-state index contributed by atoms with van der Waals surface area (Å²) in [5.74, 6) is 0.752. The number of hydrogen-bond donors (Lipinski definition) is 0. The molecule has 3 aromatic carbocycles. The van der Waals surface area contributed by atoms with Crippen LogP contribution in [0.3, 0.4) is 0 Å². The highest BCUT2D eigenvalue weighted by molar-refractivity contribution is 5.83. The van der Waals surface area contributed by atoms with E-state index in [4.69, 9.17) is 9.72 Å². The molecule has 192 valence electrons. The maximum atomic E-state index is 13.9. The number of fused-ring (bicyclic) bond motifs is 1. The van der Waals surface area contributed by atoms with Gasteiger partial charge in [0.15, 0.2) is 0 Å². The lowest BCUT2D eigenvalue weighted by Gasteiger charge is -2.35. The molecule has 0 N–H and O–H groups in total. The molecule has 1 atom stereocenters. The van der Waals surface area contributed by atoms with Gasteiger partial charge in [0.25, 0.3) is 5.56 Å². The predicted octanol–water partition coefficient (Wildman–Crippen LogP) is 6.04. The van der Waals surface area contributed by atoms with Crippen molar-refractivity contribution in [3.8, 4) is 11.1 Å². The number of halogens is 1. The molecule has 1 aliphatic heterocycles. The molecule has 1 fully saturated rings. The molecule has 1 aliphatic rings. The third-order valence-electron chi connectivity index (χ3n) is 7.27. The van der Waals surface area contributed by atoms with Crippen molar-refractivity contribution in [1.82, 2.24) is 14.5 Å². The first-order valence-electron chi connectivity index (χ1n) is 13.1. The molecule has 6 heteroatoms. The molecule has 0 spiro atoms. The molecule has 5 nitrogen and oxygen atoms in total. The fourth-order valence-corrected chi connectivity index (χ4v) is 5.20. The molecule has 1 unspecified atom stereocenters. The lowest BCUT2D eigenvalue weighted by Crippen LogP contribution is -2.42. The van der Waals surface area contributed by atoms with Crippen LogP contribution in [-0.2, 0) is 24.5 Å². The van der Waals surface area contributed by atoms with Crippen molar-refractivity contribution in [3.05, 3.63) is 100 Å². The largest absolute Gasteiger partial charge is 0.369 e. The van der Waals surface area contributed by atoms with Crippen LogP contribution in [0.15, 0.2) is 77.6 Å². The highest BCUT2D eigenvalue weighted by Crippen LogP contribution is 2.24. The molecule has 1 saturated heterocycles. The van der Waals surface area contributed by atoms with Gasteiger partial charge in [0.1, 0.15) is 18.2 Å². The Balaban J connectivity index is 1.48. The van der Waals surface area contributed by atoms with Crippen molar-refractivity contribution < 1.29 is 9.13 Å². The molecule has 0 amide bonds. The Labute approximate surface area is 217 Å². The SMILES string of the molecule is CC(C)N1CCCC(Cn2c(COCc3ccccc3)nc3ccc(-c4ccc(F)cc4)cc3c2=O)C1. The molecule has 0 saturated carbocycles. The summed E-state index contributed by atoms with van der Waals surface area (Å²) in [5.41, 5.74) is 3.42. The van der Waals surface area contributed by atoms with Gasteiger partial charge < -0.3 is 9.64 Å². The summed E-state index contributed by atoms with van der Waals surface area (Å²) in [6, 6.07) is 22.5. The minimum Gasteiger partial charge on any atom is -0.369 e. The first-order valence-corrected chi connectivity index (χ1v) is 13.1. The summed E-state index contributed by atoms with van der Waals surface area (Å²) >= 11 is 0. The van der Waals surface area contributed by atoms with E-state index < -0.39 is 0 Å². The summed E-state index contributed by atoms with van der Waals surface area (Å²) in [6.07, 6.45) is 2.22. The molecule has 0 aliphatic carbocycles. The van der Waals surface area contributed by atoms with Crippen LogP contribution in [0.5, 0.6) is 0 Å². The number of nitrogens with zero attached hydrogens (tertiary/aromatic N) is 3. The first kappa shape index (κ1) is 25.3. The third-order valence-corrected chi connectivity index (χ3v) is 7.27. The molecule has 5 rings (SSSR count). The number of rotatable bonds is 8. The minimum absolute atomic E-state index is 0.0473. The number of piperidine rings is 1. The maximum Gasteiger partial charge on any atom is 0.261 e. The maximum absolute atomic E-state index is 13.9. The van der Waals surface area contributed by atoms with Crippen molar-refractivity contribution in [2.24, 2.45) is 5.92 Å². The summed E-state index contributed by atoms with van der Waals surface area (Å²) in [4.78, 5) is 21.3. The van der Waals surface area contributed by atoms with Crippen molar-refractivity contribution >= 4 is 10.9 Å². The Hall–Kier alpha value is -3.35. The van der Waals surface area contributed by atoms with Crippen molar-refractivity contribution in [2.45, 2.75) is 52.5 Å². The Morgan fingerprint density at radius 2 is 1.76 bits per heavy atom. The number of benzene rings is 3. The van der Waals surface area contributed by atoms with Crippen LogP contribution in [0.1, 0.15) is 38.1 Å². The van der Waals surface area contributed by atoms with Gasteiger partial charge in [-0.2, -0.15) is 0 Å². The van der Waals surface area contributed by atoms with Crippen LogP contribution in [0, 0.1) is 11.7 Å². The second kappa shape index (κ2) is 11.4. The summed E-state index contributed by atoms with van der Waals surface area (Å²) < 4.78 is 21.3. The van der Waals surface area contributed by atoms with E-state index in [1.165, 1.54) is 12.1 Å². The van der Waals surface area contributed by atoms with Crippen LogP contribution in [0.25, 0.3) is 22.0 Å². The van der Waals surface area contributed by atoms with Crippen molar-refractivity contribution in [3.63, 3.8) is 0 Å². The van der Waals surface area contributed by atoms with Crippen LogP contribution in [-0.4, -0.2) is 33.6 Å². The summed E-state index contributed by atoms with van der Waals surface area (Å²) in [6.45, 7) is 7.88. The van der Waals surface area contributed by atoms with Crippen molar-refractivity contribution in [1.29, 1.82) is 0 Å². The average molecular weight is 500 g/mol. The molecule has 0 radical (unpaired) electrons. The molecular formula is C31H34FN3O2. The van der Waals surface area contributed by atoms with E-state index >= 15 is 0 Å². The molecule has 1 aromatic heterocycles. The Bertz CT molecular complexity index is 1400. The number of hydrogen-bond acceptors (Lipinski definition) is 4. The van der Waals surface area contributed by atoms with Gasteiger partial charge in [-0.3, -0.25) is 9.36 Å². The predicted molar refractivity (Wildman–Crippen MR) is 146 cm³/mol. The second-order valence-corrected chi connectivity index (χ2v) is 10.3. The van der Waals surface area contributed by atoms with E-state index in [0.717, 1.165) is 42.6 Å². The lowest BCUT2D eigenvalue weighted by molar-refractivity contribution is 0.0941. The van der Waals surface area contributed by atoms with Gasteiger partial charge in [0, 0.05) is 19.1 Å². The third kappa shape index (κ3) is 5.97. The quantitative estimate of drug-likeness (QED) is 0.297. The minimum atomic E-state index is -0.281. The van der Waals surface area contributed by atoms with Crippen molar-refractivity contribution in [2.75, 3.05) is 13.1 Å². The van der Waals surface area contributed by atoms with E-state index in [1.807, 2.05) is 53.1 Å². The smallest absolute Gasteiger partial charge is 0.261 e. The topological polar surface area (TPSA) is 47.4 Å². The fourth-order valence-electron chi connectivity index (χ4n) is 5.20. The first-order chi connectivity index (χ1) is 18.0. The molecule has 37 heavy (non-hydrogen) atoms. The second-order valence-electron chi connectivity index (χ2n) is 10.3. The lowest BCUT2D eigenvalue weighted by atomic mass is 9.96. The fraction of sp³-hybridized carbons (Fsp3) is 0.355. The zero-order valence-corrected chi connectivity index (χ0v) is 21.6. The van der Waals surface area contributed by atoms with Crippen LogP contribution >= 0.6 is 0 Å². The molecular weight excluding hydrogens is 465 g/mol.